The van der Waals surface area contributed by atoms with Gasteiger partial charge in [0.15, 0.2) is 0 Å². The van der Waals surface area contributed by atoms with Gasteiger partial charge in [-0.1, -0.05) is 44.0 Å². The molecule has 0 aliphatic rings. The number of aryl methyl sites for hydroxylation is 2. The smallest absolute Gasteiger partial charge is 0.0402 e. The zero-order chi connectivity index (χ0) is 14.7. The van der Waals surface area contributed by atoms with Crippen LogP contribution in [0.25, 0.3) is 0 Å². The van der Waals surface area contributed by atoms with Gasteiger partial charge in [-0.3, -0.25) is 0 Å². The first kappa shape index (κ1) is 15.6. The van der Waals surface area contributed by atoms with Crippen LogP contribution in [-0.4, -0.2) is 6.04 Å². The lowest BCUT2D eigenvalue weighted by Gasteiger charge is -2.19. The molecule has 2 rings (SSSR count). The zero-order valence-electron chi connectivity index (χ0n) is 12.0. The van der Waals surface area contributed by atoms with Crippen molar-refractivity contribution in [2.24, 2.45) is 0 Å². The summed E-state index contributed by atoms with van der Waals surface area (Å²) in [6.45, 7) is 6.52. The highest BCUT2D eigenvalue weighted by Gasteiger charge is 2.08. The Hall–Kier alpha value is -0.800. The summed E-state index contributed by atoms with van der Waals surface area (Å²) in [7, 11) is 0. The van der Waals surface area contributed by atoms with Crippen molar-refractivity contribution in [1.82, 2.24) is 0 Å². The van der Waals surface area contributed by atoms with E-state index in [2.05, 4.69) is 94.3 Å². The Morgan fingerprint density at radius 2 is 1.50 bits per heavy atom. The molecule has 0 heterocycles. The Bertz CT molecular complexity index is 567. The van der Waals surface area contributed by atoms with Crippen molar-refractivity contribution in [2.45, 2.75) is 33.2 Å². The minimum absolute atomic E-state index is 0.398. The fourth-order valence-corrected chi connectivity index (χ4v) is 3.36. The lowest BCUT2D eigenvalue weighted by Crippen LogP contribution is -2.19. The molecule has 2 aromatic rings. The molecule has 0 fully saturated rings. The summed E-state index contributed by atoms with van der Waals surface area (Å²) in [5.41, 5.74) is 5.15. The van der Waals surface area contributed by atoms with Crippen LogP contribution in [0.2, 0.25) is 0 Å². The van der Waals surface area contributed by atoms with Crippen LogP contribution in [0.5, 0.6) is 0 Å². The molecule has 0 aromatic heterocycles. The third-order valence-electron chi connectivity index (χ3n) is 3.34. The van der Waals surface area contributed by atoms with Gasteiger partial charge in [-0.2, -0.15) is 0 Å². The molecule has 1 N–H and O–H groups in total. The van der Waals surface area contributed by atoms with E-state index >= 15 is 0 Å². The fraction of sp³-hybridized carbons (Fsp3) is 0.294. The Balaban J connectivity index is 2.08. The van der Waals surface area contributed by atoms with E-state index in [0.29, 0.717) is 6.04 Å². The van der Waals surface area contributed by atoms with Gasteiger partial charge in [0.25, 0.3) is 0 Å². The second-order valence-corrected chi connectivity index (χ2v) is 7.12. The average molecular weight is 397 g/mol. The minimum Gasteiger partial charge on any atom is -0.382 e. The fourth-order valence-electron chi connectivity index (χ4n) is 2.41. The van der Waals surface area contributed by atoms with Gasteiger partial charge in [-0.25, -0.2) is 0 Å². The van der Waals surface area contributed by atoms with E-state index in [-0.39, 0.29) is 0 Å². The van der Waals surface area contributed by atoms with Crippen molar-refractivity contribution in [3.05, 3.63) is 62.0 Å². The average Bonchev–Trinajstić information content (AvgIpc) is 2.36. The summed E-state index contributed by atoms with van der Waals surface area (Å²) in [6, 6.07) is 13.2. The lowest BCUT2D eigenvalue weighted by molar-refractivity contribution is 0.787. The first-order valence-corrected chi connectivity index (χ1v) is 8.32. The molecule has 1 atom stereocenters. The Morgan fingerprint density at radius 1 is 0.950 bits per heavy atom. The van der Waals surface area contributed by atoms with Crippen molar-refractivity contribution in [1.29, 1.82) is 0 Å². The van der Waals surface area contributed by atoms with E-state index in [1.165, 1.54) is 22.4 Å². The van der Waals surface area contributed by atoms with Crippen LogP contribution in [0.1, 0.15) is 23.6 Å². The van der Waals surface area contributed by atoms with E-state index in [1.807, 2.05) is 0 Å². The predicted octanol–water partition coefficient (Wildman–Crippen LogP) is 5.87. The monoisotopic (exact) mass is 395 g/mol. The van der Waals surface area contributed by atoms with Crippen molar-refractivity contribution in [3.8, 4) is 0 Å². The normalized spacial score (nSPS) is 12.2. The summed E-state index contributed by atoms with van der Waals surface area (Å²) in [5, 5.41) is 3.64. The number of nitrogens with one attached hydrogen (secondary N) is 1. The van der Waals surface area contributed by atoms with Gasteiger partial charge in [-0.05, 0) is 68.1 Å². The molecule has 0 aliphatic carbocycles. The number of anilines is 1. The molecule has 0 aliphatic heterocycles. The number of rotatable bonds is 4. The highest BCUT2D eigenvalue weighted by Crippen LogP contribution is 2.26. The molecule has 1 unspecified atom stereocenters. The molecule has 0 bridgehead atoms. The van der Waals surface area contributed by atoms with Gasteiger partial charge in [0.05, 0.1) is 0 Å². The zero-order valence-corrected chi connectivity index (χ0v) is 15.2. The standard InChI is InChI=1S/C17H19Br2N/c1-11-8-16(19)9-12(2)17(11)20-13(3)10-14-4-6-15(18)7-5-14/h4-9,13,20H,10H2,1-3H3. The Kier molecular flexibility index (Phi) is 5.28. The molecule has 0 spiro atoms. The first-order chi connectivity index (χ1) is 9.45. The number of hydrogen-bond acceptors (Lipinski definition) is 1. The largest absolute Gasteiger partial charge is 0.382 e. The summed E-state index contributed by atoms with van der Waals surface area (Å²) in [4.78, 5) is 0. The molecule has 106 valence electrons. The maximum Gasteiger partial charge on any atom is 0.0402 e. The predicted molar refractivity (Wildman–Crippen MR) is 94.5 cm³/mol. The highest BCUT2D eigenvalue weighted by atomic mass is 79.9. The van der Waals surface area contributed by atoms with Crippen molar-refractivity contribution in [3.63, 3.8) is 0 Å². The highest BCUT2D eigenvalue weighted by molar-refractivity contribution is 9.10. The molecule has 0 amide bonds. The van der Waals surface area contributed by atoms with Gasteiger partial charge in [0, 0.05) is 20.7 Å². The SMILES string of the molecule is Cc1cc(Br)cc(C)c1NC(C)Cc1ccc(Br)cc1. The van der Waals surface area contributed by atoms with Crippen LogP contribution in [0.15, 0.2) is 45.3 Å². The second-order valence-electron chi connectivity index (χ2n) is 5.29. The lowest BCUT2D eigenvalue weighted by atomic mass is 10.0. The van der Waals surface area contributed by atoms with E-state index < -0.39 is 0 Å². The molecule has 1 nitrogen and oxygen atoms in total. The first-order valence-electron chi connectivity index (χ1n) is 6.73. The molecule has 20 heavy (non-hydrogen) atoms. The number of halogens is 2. The van der Waals surface area contributed by atoms with Gasteiger partial charge in [0.2, 0.25) is 0 Å². The Labute approximate surface area is 138 Å². The van der Waals surface area contributed by atoms with Crippen LogP contribution < -0.4 is 5.32 Å². The molecule has 2 aromatic carbocycles. The summed E-state index contributed by atoms with van der Waals surface area (Å²) in [6.07, 6.45) is 1.02. The molecule has 0 radical (unpaired) electrons. The van der Waals surface area contributed by atoms with Gasteiger partial charge < -0.3 is 5.32 Å². The topological polar surface area (TPSA) is 12.0 Å². The minimum atomic E-state index is 0.398. The van der Waals surface area contributed by atoms with E-state index in [9.17, 15) is 0 Å². The quantitative estimate of drug-likeness (QED) is 0.681. The van der Waals surface area contributed by atoms with Crippen LogP contribution >= 0.6 is 31.9 Å². The summed E-state index contributed by atoms with van der Waals surface area (Å²) in [5.74, 6) is 0. The van der Waals surface area contributed by atoms with Crippen LogP contribution in [-0.2, 0) is 6.42 Å². The maximum absolute atomic E-state index is 3.64. The van der Waals surface area contributed by atoms with E-state index in [0.717, 1.165) is 15.4 Å². The molecule has 0 saturated carbocycles. The van der Waals surface area contributed by atoms with Crippen molar-refractivity contribution >= 4 is 37.5 Å². The summed E-state index contributed by atoms with van der Waals surface area (Å²) < 4.78 is 2.26. The third-order valence-corrected chi connectivity index (χ3v) is 4.33. The third kappa shape index (κ3) is 4.10. The van der Waals surface area contributed by atoms with Gasteiger partial charge in [0.1, 0.15) is 0 Å². The van der Waals surface area contributed by atoms with Crippen molar-refractivity contribution in [2.75, 3.05) is 5.32 Å². The van der Waals surface area contributed by atoms with E-state index in [1.54, 1.807) is 0 Å². The molecule has 3 heteroatoms. The van der Waals surface area contributed by atoms with E-state index in [4.69, 9.17) is 0 Å². The summed E-state index contributed by atoms with van der Waals surface area (Å²) >= 11 is 7.01. The number of hydrogen-bond donors (Lipinski definition) is 1. The van der Waals surface area contributed by atoms with Gasteiger partial charge >= 0.3 is 0 Å². The van der Waals surface area contributed by atoms with Crippen molar-refractivity contribution < 1.29 is 0 Å². The second kappa shape index (κ2) is 6.77. The maximum atomic E-state index is 3.64. The Morgan fingerprint density at radius 3 is 2.05 bits per heavy atom. The molecular formula is C17H19Br2N. The van der Waals surface area contributed by atoms with Crippen LogP contribution in [0.4, 0.5) is 5.69 Å². The van der Waals surface area contributed by atoms with Crippen LogP contribution in [0, 0.1) is 13.8 Å². The molecule has 0 saturated heterocycles. The number of benzene rings is 2. The molecular weight excluding hydrogens is 378 g/mol. The van der Waals surface area contributed by atoms with Crippen LogP contribution in [0.3, 0.4) is 0 Å². The van der Waals surface area contributed by atoms with Gasteiger partial charge in [-0.15, -0.1) is 0 Å².